The van der Waals surface area contributed by atoms with Crippen LogP contribution in [0.3, 0.4) is 0 Å². The Morgan fingerprint density at radius 3 is 2.08 bits per heavy atom. The zero-order valence-corrected chi connectivity index (χ0v) is 8.06. The van der Waals surface area contributed by atoms with Gasteiger partial charge in [-0.05, 0) is 6.42 Å². The lowest BCUT2D eigenvalue weighted by Crippen LogP contribution is -2.51. The van der Waals surface area contributed by atoms with E-state index < -0.39 is 23.9 Å². The second-order valence-corrected chi connectivity index (χ2v) is 3.02. The minimum Gasteiger partial charge on any atom is -0.468 e. The van der Waals surface area contributed by atoms with Crippen molar-refractivity contribution in [2.45, 2.75) is 26.2 Å². The van der Waals surface area contributed by atoms with E-state index in [0.717, 1.165) is 7.11 Å². The van der Waals surface area contributed by atoms with Crippen LogP contribution in [0.15, 0.2) is 0 Å². The first kappa shape index (κ1) is 12.3. The Balaban J connectivity index is 5.03. The molecule has 0 saturated heterocycles. The molecule has 0 amide bonds. The summed E-state index contributed by atoms with van der Waals surface area (Å²) in [6, 6.07) is 0. The van der Waals surface area contributed by atoms with Gasteiger partial charge in [0, 0.05) is 13.5 Å². The number of nitrogens with two attached hydrogens (primary N) is 1. The maximum atomic E-state index is 13.1. The van der Waals surface area contributed by atoms with E-state index in [1.54, 1.807) is 0 Å². The third-order valence-electron chi connectivity index (χ3n) is 2.37. The number of hydrogen-bond donors (Lipinski definition) is 1. The lowest BCUT2D eigenvalue weighted by atomic mass is 9.79. The number of methoxy groups -OCH3 is 1. The van der Waals surface area contributed by atoms with Crippen LogP contribution in [0.4, 0.5) is 8.78 Å². The highest BCUT2D eigenvalue weighted by Crippen LogP contribution is 2.39. The molecular formula is C8H15F2NO2. The van der Waals surface area contributed by atoms with Crippen molar-refractivity contribution in [3.05, 3.63) is 0 Å². The van der Waals surface area contributed by atoms with Gasteiger partial charge in [0.25, 0.3) is 5.92 Å². The van der Waals surface area contributed by atoms with E-state index in [9.17, 15) is 13.6 Å². The van der Waals surface area contributed by atoms with Gasteiger partial charge in [-0.15, -0.1) is 0 Å². The Hall–Kier alpha value is -0.710. The quantitative estimate of drug-likeness (QED) is 0.685. The fourth-order valence-electron chi connectivity index (χ4n) is 1.24. The molecule has 0 spiro atoms. The van der Waals surface area contributed by atoms with Crippen molar-refractivity contribution in [2.75, 3.05) is 13.7 Å². The molecule has 1 atom stereocenters. The minimum atomic E-state index is -3.16. The average molecular weight is 195 g/mol. The molecule has 0 rings (SSSR count). The van der Waals surface area contributed by atoms with E-state index in [0.29, 0.717) is 6.92 Å². The van der Waals surface area contributed by atoms with Gasteiger partial charge in [0.1, 0.15) is 5.41 Å². The molecule has 2 N–H and O–H groups in total. The van der Waals surface area contributed by atoms with Crippen molar-refractivity contribution >= 4 is 5.97 Å². The van der Waals surface area contributed by atoms with Gasteiger partial charge in [-0.2, -0.15) is 0 Å². The number of esters is 1. The highest BCUT2D eigenvalue weighted by Gasteiger charge is 2.54. The van der Waals surface area contributed by atoms with E-state index in [-0.39, 0.29) is 6.42 Å². The SMILES string of the molecule is CCC(CN)(C(=O)OC)C(C)(F)F. The third-order valence-corrected chi connectivity index (χ3v) is 2.37. The molecule has 0 heterocycles. The fraction of sp³-hybridized carbons (Fsp3) is 0.875. The van der Waals surface area contributed by atoms with Gasteiger partial charge in [-0.25, -0.2) is 8.78 Å². The van der Waals surface area contributed by atoms with Gasteiger partial charge in [-0.3, -0.25) is 4.79 Å². The molecule has 0 aromatic carbocycles. The highest BCUT2D eigenvalue weighted by atomic mass is 19.3. The second-order valence-electron chi connectivity index (χ2n) is 3.02. The number of carbonyl (C=O) groups is 1. The summed E-state index contributed by atoms with van der Waals surface area (Å²) in [5.41, 5.74) is 3.31. The van der Waals surface area contributed by atoms with Gasteiger partial charge in [0.15, 0.2) is 0 Å². The molecule has 3 nitrogen and oxygen atoms in total. The Kier molecular flexibility index (Phi) is 3.78. The van der Waals surface area contributed by atoms with Crippen molar-refractivity contribution in [3.8, 4) is 0 Å². The van der Waals surface area contributed by atoms with Crippen LogP contribution in [0.5, 0.6) is 0 Å². The van der Waals surface area contributed by atoms with Crippen molar-refractivity contribution in [1.29, 1.82) is 0 Å². The first-order chi connectivity index (χ1) is 5.85. The largest absolute Gasteiger partial charge is 0.468 e. The van der Waals surface area contributed by atoms with E-state index in [2.05, 4.69) is 4.74 Å². The van der Waals surface area contributed by atoms with Crippen molar-refractivity contribution in [1.82, 2.24) is 0 Å². The minimum absolute atomic E-state index is 0.0420. The molecule has 0 fully saturated rings. The normalized spacial score (nSPS) is 16.5. The third kappa shape index (κ3) is 1.96. The Labute approximate surface area is 76.2 Å². The smallest absolute Gasteiger partial charge is 0.319 e. The zero-order chi connectivity index (χ0) is 10.7. The van der Waals surface area contributed by atoms with Crippen molar-refractivity contribution in [3.63, 3.8) is 0 Å². The van der Waals surface area contributed by atoms with Crippen LogP contribution >= 0.6 is 0 Å². The van der Waals surface area contributed by atoms with Crippen LogP contribution in [0, 0.1) is 5.41 Å². The van der Waals surface area contributed by atoms with Gasteiger partial charge in [0.2, 0.25) is 0 Å². The van der Waals surface area contributed by atoms with Crippen LogP contribution in [-0.2, 0) is 9.53 Å². The molecule has 78 valence electrons. The summed E-state index contributed by atoms with van der Waals surface area (Å²) in [6.07, 6.45) is -0.0420. The predicted molar refractivity (Wildman–Crippen MR) is 44.4 cm³/mol. The molecule has 0 saturated carbocycles. The van der Waals surface area contributed by atoms with Gasteiger partial charge < -0.3 is 10.5 Å². The molecule has 0 bridgehead atoms. The lowest BCUT2D eigenvalue weighted by molar-refractivity contribution is -0.178. The number of ether oxygens (including phenoxy) is 1. The van der Waals surface area contributed by atoms with Crippen LogP contribution in [-0.4, -0.2) is 25.5 Å². The number of alkyl halides is 2. The summed E-state index contributed by atoms with van der Waals surface area (Å²) in [7, 11) is 1.08. The molecule has 13 heavy (non-hydrogen) atoms. The monoisotopic (exact) mass is 195 g/mol. The van der Waals surface area contributed by atoms with E-state index in [1.807, 2.05) is 0 Å². The topological polar surface area (TPSA) is 52.3 Å². The molecule has 5 heteroatoms. The van der Waals surface area contributed by atoms with Crippen LogP contribution < -0.4 is 5.73 Å². The van der Waals surface area contributed by atoms with E-state index in [4.69, 9.17) is 5.73 Å². The van der Waals surface area contributed by atoms with Crippen LogP contribution in [0.1, 0.15) is 20.3 Å². The zero-order valence-electron chi connectivity index (χ0n) is 8.06. The molecule has 0 radical (unpaired) electrons. The van der Waals surface area contributed by atoms with Crippen LogP contribution in [0.25, 0.3) is 0 Å². The Bertz CT molecular complexity index is 185. The summed E-state index contributed by atoms with van der Waals surface area (Å²) in [5.74, 6) is -4.12. The summed E-state index contributed by atoms with van der Waals surface area (Å²) in [4.78, 5) is 11.2. The summed E-state index contributed by atoms with van der Waals surface area (Å²) in [6.45, 7) is 1.75. The van der Waals surface area contributed by atoms with Crippen molar-refractivity contribution in [2.24, 2.45) is 11.1 Å². The highest BCUT2D eigenvalue weighted by molar-refractivity contribution is 5.78. The number of carbonyl (C=O) groups excluding carboxylic acids is 1. The maximum absolute atomic E-state index is 13.1. The predicted octanol–water partition coefficient (Wildman–Crippen LogP) is 1.17. The fourth-order valence-corrected chi connectivity index (χ4v) is 1.24. The van der Waals surface area contributed by atoms with Gasteiger partial charge >= 0.3 is 5.97 Å². The molecule has 0 aromatic heterocycles. The average Bonchev–Trinajstić information content (AvgIpc) is 2.04. The lowest BCUT2D eigenvalue weighted by Gasteiger charge is -2.33. The number of rotatable bonds is 4. The number of halogens is 2. The van der Waals surface area contributed by atoms with Gasteiger partial charge in [-0.1, -0.05) is 6.92 Å². The summed E-state index contributed by atoms with van der Waals surface area (Å²) >= 11 is 0. The molecule has 0 aliphatic rings. The molecule has 0 aliphatic carbocycles. The molecule has 0 aliphatic heterocycles. The molecule has 0 aromatic rings. The Morgan fingerprint density at radius 1 is 1.54 bits per heavy atom. The van der Waals surface area contributed by atoms with Crippen LogP contribution in [0.2, 0.25) is 0 Å². The van der Waals surface area contributed by atoms with Crippen molar-refractivity contribution < 1.29 is 18.3 Å². The summed E-state index contributed by atoms with van der Waals surface area (Å²) < 4.78 is 30.5. The first-order valence-corrected chi connectivity index (χ1v) is 4.02. The second kappa shape index (κ2) is 4.00. The Morgan fingerprint density at radius 2 is 2.00 bits per heavy atom. The van der Waals surface area contributed by atoms with E-state index >= 15 is 0 Å². The van der Waals surface area contributed by atoms with E-state index in [1.165, 1.54) is 6.92 Å². The summed E-state index contributed by atoms with van der Waals surface area (Å²) in [5, 5.41) is 0. The number of hydrogen-bond acceptors (Lipinski definition) is 3. The maximum Gasteiger partial charge on any atom is 0.319 e. The standard InChI is InChI=1S/C8H15F2NO2/c1-4-8(5-11,6(12)13-3)7(2,9)10/h4-5,11H2,1-3H3. The van der Waals surface area contributed by atoms with Gasteiger partial charge in [0.05, 0.1) is 7.11 Å². The first-order valence-electron chi connectivity index (χ1n) is 4.02. The molecule has 1 unspecified atom stereocenters. The molecular weight excluding hydrogens is 180 g/mol.